The van der Waals surface area contributed by atoms with Crippen molar-refractivity contribution in [1.29, 1.82) is 0 Å². The summed E-state index contributed by atoms with van der Waals surface area (Å²) in [5, 5.41) is 0. The van der Waals surface area contributed by atoms with Gasteiger partial charge >= 0.3 is 0 Å². The van der Waals surface area contributed by atoms with Gasteiger partial charge in [-0.15, -0.1) is 0 Å². The fourth-order valence-electron chi connectivity index (χ4n) is 2.84. The summed E-state index contributed by atoms with van der Waals surface area (Å²) in [5.74, 6) is 2.08. The third-order valence-electron chi connectivity index (χ3n) is 4.00. The van der Waals surface area contributed by atoms with E-state index in [1.807, 2.05) is 18.2 Å². The molecule has 2 aromatic rings. The highest BCUT2D eigenvalue weighted by molar-refractivity contribution is 5.79. The van der Waals surface area contributed by atoms with Gasteiger partial charge in [0.1, 0.15) is 5.82 Å². The molecule has 1 aliphatic carbocycles. The van der Waals surface area contributed by atoms with Crippen molar-refractivity contribution in [3.8, 4) is 0 Å². The maximum absolute atomic E-state index is 5.90. The fraction of sp³-hybridized carbons (Fsp3) is 0.533. The van der Waals surface area contributed by atoms with Crippen molar-refractivity contribution in [2.24, 2.45) is 5.92 Å². The number of fused-ring (bicyclic) bond motifs is 1. The Morgan fingerprint density at radius 2 is 2.17 bits per heavy atom. The third kappa shape index (κ3) is 1.88. The summed E-state index contributed by atoms with van der Waals surface area (Å²) in [5.41, 5.74) is 8.97. The number of nitrogen functional groups attached to an aromatic ring is 1. The van der Waals surface area contributed by atoms with Gasteiger partial charge in [-0.05, 0) is 38.0 Å². The van der Waals surface area contributed by atoms with E-state index in [1.54, 1.807) is 0 Å². The molecule has 0 spiro atoms. The summed E-state index contributed by atoms with van der Waals surface area (Å²) >= 11 is 0. The molecule has 0 amide bonds. The van der Waals surface area contributed by atoms with Crippen LogP contribution in [0.25, 0.3) is 11.0 Å². The van der Waals surface area contributed by atoms with Crippen molar-refractivity contribution in [2.75, 3.05) is 5.73 Å². The van der Waals surface area contributed by atoms with Crippen LogP contribution in [0.15, 0.2) is 18.2 Å². The summed E-state index contributed by atoms with van der Waals surface area (Å²) in [6.07, 6.45) is 5.24. The predicted molar refractivity (Wildman–Crippen MR) is 75.6 cm³/mol. The first-order valence-corrected chi connectivity index (χ1v) is 6.91. The first-order valence-electron chi connectivity index (χ1n) is 6.91. The van der Waals surface area contributed by atoms with Crippen LogP contribution in [-0.4, -0.2) is 9.55 Å². The minimum Gasteiger partial charge on any atom is -0.399 e. The van der Waals surface area contributed by atoms with Gasteiger partial charge in [0.2, 0.25) is 0 Å². The molecule has 1 aromatic carbocycles. The van der Waals surface area contributed by atoms with E-state index < -0.39 is 0 Å². The number of rotatable bonds is 3. The van der Waals surface area contributed by atoms with E-state index in [-0.39, 0.29) is 0 Å². The Kier molecular flexibility index (Phi) is 2.77. The monoisotopic (exact) mass is 243 g/mol. The van der Waals surface area contributed by atoms with Crippen LogP contribution in [0.5, 0.6) is 0 Å². The van der Waals surface area contributed by atoms with Gasteiger partial charge in [-0.25, -0.2) is 4.98 Å². The molecule has 96 valence electrons. The number of aromatic nitrogens is 2. The predicted octanol–water partition coefficient (Wildman–Crippen LogP) is 3.54. The van der Waals surface area contributed by atoms with Gasteiger partial charge in [-0.1, -0.05) is 19.3 Å². The highest BCUT2D eigenvalue weighted by atomic mass is 15.1. The minimum atomic E-state index is 0.437. The van der Waals surface area contributed by atoms with E-state index in [1.165, 1.54) is 30.6 Å². The van der Waals surface area contributed by atoms with Crippen LogP contribution < -0.4 is 5.73 Å². The lowest BCUT2D eigenvalue weighted by Gasteiger charge is -2.25. The number of benzene rings is 1. The molecule has 18 heavy (non-hydrogen) atoms. The largest absolute Gasteiger partial charge is 0.399 e. The van der Waals surface area contributed by atoms with E-state index in [9.17, 15) is 0 Å². The summed E-state index contributed by atoms with van der Waals surface area (Å²) in [6, 6.07) is 6.46. The molecule has 0 radical (unpaired) electrons. The Hall–Kier alpha value is -1.51. The summed E-state index contributed by atoms with van der Waals surface area (Å²) in [7, 11) is 0. The lowest BCUT2D eigenvalue weighted by Crippen LogP contribution is -2.17. The molecule has 1 saturated carbocycles. The lowest BCUT2D eigenvalue weighted by atomic mass is 9.83. The van der Waals surface area contributed by atoms with Crippen molar-refractivity contribution >= 4 is 16.7 Å². The second-order valence-electron chi connectivity index (χ2n) is 5.74. The highest BCUT2D eigenvalue weighted by Crippen LogP contribution is 2.32. The first kappa shape index (κ1) is 11.6. The molecular weight excluding hydrogens is 222 g/mol. The van der Waals surface area contributed by atoms with Gasteiger partial charge in [-0.3, -0.25) is 0 Å². The number of nitrogens with zero attached hydrogens (tertiary/aromatic N) is 2. The Morgan fingerprint density at radius 1 is 1.39 bits per heavy atom. The number of hydrogen-bond donors (Lipinski definition) is 1. The molecule has 0 saturated heterocycles. The van der Waals surface area contributed by atoms with Gasteiger partial charge < -0.3 is 10.3 Å². The summed E-state index contributed by atoms with van der Waals surface area (Å²) in [4.78, 5) is 4.80. The van der Waals surface area contributed by atoms with Crippen LogP contribution in [0.4, 0.5) is 5.69 Å². The zero-order valence-electron chi connectivity index (χ0n) is 11.2. The van der Waals surface area contributed by atoms with Crippen LogP contribution in [0.3, 0.4) is 0 Å². The molecule has 1 aliphatic rings. The van der Waals surface area contributed by atoms with Gasteiger partial charge in [0, 0.05) is 18.2 Å². The number of imidazole rings is 1. The second-order valence-corrected chi connectivity index (χ2v) is 5.74. The molecule has 0 bridgehead atoms. The van der Waals surface area contributed by atoms with Crippen molar-refractivity contribution in [3.05, 3.63) is 24.0 Å². The average Bonchev–Trinajstić information content (AvgIpc) is 2.60. The Bertz CT molecular complexity index is 564. The quantitative estimate of drug-likeness (QED) is 0.838. The van der Waals surface area contributed by atoms with E-state index in [0.717, 1.165) is 23.5 Å². The zero-order valence-corrected chi connectivity index (χ0v) is 11.2. The first-order chi connectivity index (χ1) is 8.65. The van der Waals surface area contributed by atoms with E-state index in [4.69, 9.17) is 10.7 Å². The van der Waals surface area contributed by atoms with Crippen molar-refractivity contribution in [2.45, 2.75) is 45.6 Å². The standard InChI is InChI=1S/C15H21N3/c1-10(2)18-14-9-12(16)6-7-13(14)17-15(18)8-11-4-3-5-11/h6-7,9-11H,3-5,8,16H2,1-2H3. The molecule has 1 fully saturated rings. The molecule has 3 nitrogen and oxygen atoms in total. The molecule has 3 rings (SSSR count). The number of anilines is 1. The summed E-state index contributed by atoms with van der Waals surface area (Å²) in [6.45, 7) is 4.43. The molecule has 0 atom stereocenters. The van der Waals surface area contributed by atoms with Crippen LogP contribution >= 0.6 is 0 Å². The maximum Gasteiger partial charge on any atom is 0.110 e. The van der Waals surface area contributed by atoms with E-state index in [0.29, 0.717) is 6.04 Å². The van der Waals surface area contributed by atoms with Crippen molar-refractivity contribution in [1.82, 2.24) is 9.55 Å². The van der Waals surface area contributed by atoms with Crippen molar-refractivity contribution in [3.63, 3.8) is 0 Å². The molecular formula is C15H21N3. The van der Waals surface area contributed by atoms with Gasteiger partial charge in [-0.2, -0.15) is 0 Å². The molecule has 1 heterocycles. The van der Waals surface area contributed by atoms with E-state index >= 15 is 0 Å². The second kappa shape index (κ2) is 4.30. The minimum absolute atomic E-state index is 0.437. The maximum atomic E-state index is 5.90. The SMILES string of the molecule is CC(C)n1c(CC2CCC2)nc2ccc(N)cc21. The third-order valence-corrected chi connectivity index (χ3v) is 4.00. The summed E-state index contributed by atoms with van der Waals surface area (Å²) < 4.78 is 2.35. The topological polar surface area (TPSA) is 43.8 Å². The van der Waals surface area contributed by atoms with Gasteiger partial charge in [0.05, 0.1) is 11.0 Å². The van der Waals surface area contributed by atoms with Gasteiger partial charge in [0.15, 0.2) is 0 Å². The highest BCUT2D eigenvalue weighted by Gasteiger charge is 2.22. The molecule has 0 aliphatic heterocycles. The Balaban J connectivity index is 2.08. The molecule has 1 aromatic heterocycles. The lowest BCUT2D eigenvalue weighted by molar-refractivity contribution is 0.305. The Morgan fingerprint density at radius 3 is 2.78 bits per heavy atom. The van der Waals surface area contributed by atoms with Gasteiger partial charge in [0.25, 0.3) is 0 Å². The van der Waals surface area contributed by atoms with Crippen molar-refractivity contribution < 1.29 is 0 Å². The van der Waals surface area contributed by atoms with Crippen LogP contribution in [0.1, 0.15) is 45.0 Å². The van der Waals surface area contributed by atoms with E-state index in [2.05, 4.69) is 18.4 Å². The molecule has 2 N–H and O–H groups in total. The van der Waals surface area contributed by atoms with Crippen LogP contribution in [0.2, 0.25) is 0 Å². The van der Waals surface area contributed by atoms with Crippen LogP contribution in [-0.2, 0) is 6.42 Å². The fourth-order valence-corrected chi connectivity index (χ4v) is 2.84. The smallest absolute Gasteiger partial charge is 0.110 e. The normalized spacial score (nSPS) is 16.4. The Labute approximate surface area is 108 Å². The number of hydrogen-bond acceptors (Lipinski definition) is 2. The zero-order chi connectivity index (χ0) is 12.7. The average molecular weight is 243 g/mol. The van der Waals surface area contributed by atoms with Crippen LogP contribution in [0, 0.1) is 5.92 Å². The molecule has 3 heteroatoms. The molecule has 0 unspecified atom stereocenters. The number of nitrogens with two attached hydrogens (primary N) is 1.